The maximum atomic E-state index is 13.9. The molecular formula is C27H22FN7. The highest BCUT2D eigenvalue weighted by Crippen LogP contribution is 2.34. The van der Waals surface area contributed by atoms with Crippen LogP contribution in [-0.4, -0.2) is 36.7 Å². The monoisotopic (exact) mass is 463 g/mol. The molecular weight excluding hydrogens is 441 g/mol. The molecule has 35 heavy (non-hydrogen) atoms. The lowest BCUT2D eigenvalue weighted by atomic mass is 10.1. The molecule has 172 valence electrons. The molecule has 0 radical (unpaired) electrons. The van der Waals surface area contributed by atoms with Gasteiger partial charge in [-0.3, -0.25) is 20.1 Å². The molecule has 3 N–H and O–H groups in total. The van der Waals surface area contributed by atoms with Gasteiger partial charge in [-0.15, -0.1) is 0 Å². The van der Waals surface area contributed by atoms with E-state index in [9.17, 15) is 4.39 Å². The number of aromatic nitrogens is 6. The van der Waals surface area contributed by atoms with Crippen molar-refractivity contribution >= 4 is 21.8 Å². The van der Waals surface area contributed by atoms with Crippen molar-refractivity contribution in [1.82, 2.24) is 35.5 Å². The molecule has 0 aliphatic carbocycles. The highest BCUT2D eigenvalue weighted by molar-refractivity contribution is 6.00. The van der Waals surface area contributed by atoms with E-state index in [4.69, 9.17) is 0 Å². The van der Waals surface area contributed by atoms with E-state index in [2.05, 4.69) is 48.4 Å². The molecule has 1 aromatic carbocycles. The minimum absolute atomic E-state index is 0.292. The van der Waals surface area contributed by atoms with Crippen molar-refractivity contribution in [3.8, 4) is 33.9 Å². The third-order valence-corrected chi connectivity index (χ3v) is 6.02. The Morgan fingerprint density at radius 2 is 1.80 bits per heavy atom. The van der Waals surface area contributed by atoms with Gasteiger partial charge in [0.05, 0.1) is 28.8 Å². The van der Waals surface area contributed by atoms with E-state index in [-0.39, 0.29) is 5.82 Å². The Morgan fingerprint density at radius 3 is 2.69 bits per heavy atom. The van der Waals surface area contributed by atoms with Gasteiger partial charge in [0.15, 0.2) is 0 Å². The summed E-state index contributed by atoms with van der Waals surface area (Å²) < 4.78 is 13.9. The second kappa shape index (κ2) is 8.73. The smallest absolute Gasteiger partial charge is 0.123 e. The van der Waals surface area contributed by atoms with Gasteiger partial charge in [-0.25, -0.2) is 4.39 Å². The summed E-state index contributed by atoms with van der Waals surface area (Å²) in [7, 11) is 0. The molecule has 6 aromatic rings. The molecule has 0 aliphatic heterocycles. The predicted molar refractivity (Wildman–Crippen MR) is 135 cm³/mol. The molecule has 0 unspecified atom stereocenters. The topological polar surface area (TPSA) is 95.2 Å². The average molecular weight is 464 g/mol. The third kappa shape index (κ3) is 3.94. The molecule has 0 saturated carbocycles. The summed E-state index contributed by atoms with van der Waals surface area (Å²) >= 11 is 0. The summed E-state index contributed by atoms with van der Waals surface area (Å²) in [5.41, 5.74) is 7.68. The second-order valence-electron chi connectivity index (χ2n) is 8.36. The number of pyridine rings is 3. The molecule has 5 heterocycles. The van der Waals surface area contributed by atoms with Gasteiger partial charge in [0.2, 0.25) is 0 Å². The van der Waals surface area contributed by atoms with Gasteiger partial charge >= 0.3 is 0 Å². The van der Waals surface area contributed by atoms with E-state index in [1.54, 1.807) is 18.5 Å². The zero-order valence-electron chi connectivity index (χ0n) is 19.0. The maximum absolute atomic E-state index is 13.9. The van der Waals surface area contributed by atoms with Gasteiger partial charge in [0.25, 0.3) is 0 Å². The fourth-order valence-electron chi connectivity index (χ4n) is 4.32. The third-order valence-electron chi connectivity index (χ3n) is 6.02. The average Bonchev–Trinajstić information content (AvgIpc) is 3.51. The van der Waals surface area contributed by atoms with Crippen LogP contribution in [0.4, 0.5) is 4.39 Å². The van der Waals surface area contributed by atoms with Gasteiger partial charge in [-0.1, -0.05) is 19.1 Å². The molecule has 6 rings (SSSR count). The van der Waals surface area contributed by atoms with Gasteiger partial charge < -0.3 is 10.3 Å². The number of hydrogen-bond donors (Lipinski definition) is 3. The Hall–Kier alpha value is -4.43. The van der Waals surface area contributed by atoms with Crippen molar-refractivity contribution in [2.24, 2.45) is 0 Å². The lowest BCUT2D eigenvalue weighted by Gasteiger charge is -2.05. The lowest BCUT2D eigenvalue weighted by molar-refractivity contribution is 0.628. The number of halogens is 1. The number of nitrogens with one attached hydrogen (secondary N) is 3. The van der Waals surface area contributed by atoms with Gasteiger partial charge in [0.1, 0.15) is 11.5 Å². The van der Waals surface area contributed by atoms with Gasteiger partial charge in [-0.05, 0) is 48.5 Å². The Labute approximate surface area is 200 Å². The zero-order chi connectivity index (χ0) is 23.8. The van der Waals surface area contributed by atoms with E-state index in [0.29, 0.717) is 0 Å². The fraction of sp³-hybridized carbons (Fsp3) is 0.111. The molecule has 0 aliphatic rings. The van der Waals surface area contributed by atoms with Crippen LogP contribution >= 0.6 is 0 Å². The molecule has 0 fully saturated rings. The van der Waals surface area contributed by atoms with Gasteiger partial charge in [-0.2, -0.15) is 5.10 Å². The molecule has 0 atom stereocenters. The van der Waals surface area contributed by atoms with Crippen molar-refractivity contribution in [3.63, 3.8) is 0 Å². The lowest BCUT2D eigenvalue weighted by Crippen LogP contribution is -2.11. The van der Waals surface area contributed by atoms with E-state index in [1.165, 1.54) is 12.1 Å². The van der Waals surface area contributed by atoms with Crippen LogP contribution in [-0.2, 0) is 6.54 Å². The van der Waals surface area contributed by atoms with E-state index >= 15 is 0 Å². The number of H-pyrrole nitrogens is 2. The van der Waals surface area contributed by atoms with Crippen LogP contribution in [0, 0.1) is 5.82 Å². The standard InChI is InChI=1S/C27H22FN7/c1-2-29-12-16-8-18(14-30-13-16)23-10-21-25(15-32-23)34-35-27(21)24-11-20-22(33-24)6-7-31-26(20)17-4-3-5-19(28)9-17/h3-11,13-15,29,33H,2,12H2,1H3,(H,34,35). The minimum atomic E-state index is -0.292. The quantitative estimate of drug-likeness (QED) is 0.304. The number of hydrogen-bond acceptors (Lipinski definition) is 5. The van der Waals surface area contributed by atoms with Crippen LogP contribution in [0.5, 0.6) is 0 Å². The van der Waals surface area contributed by atoms with E-state index < -0.39 is 0 Å². The summed E-state index contributed by atoms with van der Waals surface area (Å²) in [4.78, 5) is 17.0. The molecule has 8 heteroatoms. The molecule has 0 bridgehead atoms. The Kier molecular flexibility index (Phi) is 5.27. The van der Waals surface area contributed by atoms with Crippen molar-refractivity contribution in [2.75, 3.05) is 6.54 Å². The Bertz CT molecular complexity index is 1670. The van der Waals surface area contributed by atoms with Crippen LogP contribution < -0.4 is 5.32 Å². The van der Waals surface area contributed by atoms with Crippen LogP contribution in [0.3, 0.4) is 0 Å². The number of nitrogens with zero attached hydrogens (tertiary/aromatic N) is 4. The summed E-state index contributed by atoms with van der Waals surface area (Å²) in [6, 6.07) is 14.5. The Morgan fingerprint density at radius 1 is 0.886 bits per heavy atom. The fourth-order valence-corrected chi connectivity index (χ4v) is 4.32. The Balaban J connectivity index is 1.44. The largest absolute Gasteiger partial charge is 0.353 e. The highest BCUT2D eigenvalue weighted by Gasteiger charge is 2.16. The SMILES string of the molecule is CCNCc1cncc(-c2cc3c(-c4cc5c(-c6cccc(F)c6)nccc5[nH]4)n[nH]c3cn2)c1. The van der Waals surface area contributed by atoms with Crippen LogP contribution in [0.15, 0.2) is 73.3 Å². The molecule has 7 nitrogen and oxygen atoms in total. The first-order chi connectivity index (χ1) is 17.2. The van der Waals surface area contributed by atoms with Crippen LogP contribution in [0.1, 0.15) is 12.5 Å². The van der Waals surface area contributed by atoms with Crippen molar-refractivity contribution in [3.05, 3.63) is 84.7 Å². The number of aromatic amines is 2. The van der Waals surface area contributed by atoms with Crippen LogP contribution in [0.2, 0.25) is 0 Å². The second-order valence-corrected chi connectivity index (χ2v) is 8.36. The first kappa shape index (κ1) is 21.1. The van der Waals surface area contributed by atoms with Gasteiger partial charge in [0, 0.05) is 52.6 Å². The molecule has 5 aromatic heterocycles. The highest BCUT2D eigenvalue weighted by atomic mass is 19.1. The van der Waals surface area contributed by atoms with Crippen molar-refractivity contribution in [2.45, 2.75) is 13.5 Å². The maximum Gasteiger partial charge on any atom is 0.123 e. The first-order valence-corrected chi connectivity index (χ1v) is 11.4. The van der Waals surface area contributed by atoms with E-state index in [1.807, 2.05) is 36.7 Å². The summed E-state index contributed by atoms with van der Waals surface area (Å²) in [5, 5.41) is 12.8. The minimum Gasteiger partial charge on any atom is -0.353 e. The zero-order valence-corrected chi connectivity index (χ0v) is 19.0. The normalized spacial score (nSPS) is 11.5. The summed E-state index contributed by atoms with van der Waals surface area (Å²) in [6.07, 6.45) is 7.20. The molecule has 0 saturated heterocycles. The number of fused-ring (bicyclic) bond motifs is 2. The molecule has 0 spiro atoms. The van der Waals surface area contributed by atoms with Crippen LogP contribution in [0.25, 0.3) is 55.7 Å². The summed E-state index contributed by atoms with van der Waals surface area (Å²) in [5.74, 6) is -0.292. The summed E-state index contributed by atoms with van der Waals surface area (Å²) in [6.45, 7) is 3.73. The molecule has 0 amide bonds. The predicted octanol–water partition coefficient (Wildman–Crippen LogP) is 5.48. The number of benzene rings is 1. The first-order valence-electron chi connectivity index (χ1n) is 11.4. The van der Waals surface area contributed by atoms with Crippen molar-refractivity contribution in [1.29, 1.82) is 0 Å². The van der Waals surface area contributed by atoms with Crippen molar-refractivity contribution < 1.29 is 4.39 Å². The van der Waals surface area contributed by atoms with E-state index in [0.717, 1.165) is 74.4 Å². The number of rotatable bonds is 6.